The van der Waals surface area contributed by atoms with Gasteiger partial charge >= 0.3 is 0 Å². The Bertz CT molecular complexity index is 61.1. The minimum atomic E-state index is 0.250. The van der Waals surface area contributed by atoms with Crippen molar-refractivity contribution in [3.63, 3.8) is 0 Å². The Labute approximate surface area is 68.6 Å². The van der Waals surface area contributed by atoms with Gasteiger partial charge in [0.1, 0.15) is 0 Å². The van der Waals surface area contributed by atoms with Gasteiger partial charge in [0, 0.05) is 6.61 Å². The summed E-state index contributed by atoms with van der Waals surface area (Å²) in [4.78, 5) is 8.58. The zero-order valence-corrected chi connectivity index (χ0v) is 7.25. The summed E-state index contributed by atoms with van der Waals surface area (Å²) in [5, 5.41) is 8.37. The lowest BCUT2D eigenvalue weighted by Crippen LogP contribution is -1.82. The van der Waals surface area contributed by atoms with E-state index in [0.717, 1.165) is 6.42 Å². The minimum Gasteiger partial charge on any atom is -0.396 e. The van der Waals surface area contributed by atoms with Gasteiger partial charge in [-0.05, 0) is 6.42 Å². The van der Waals surface area contributed by atoms with Crippen molar-refractivity contribution >= 4 is 6.41 Å². The first-order valence-corrected chi connectivity index (χ1v) is 4.09. The van der Waals surface area contributed by atoms with E-state index in [1.165, 1.54) is 25.7 Å². The summed E-state index contributed by atoms with van der Waals surface area (Å²) in [7, 11) is 0. The van der Waals surface area contributed by atoms with Crippen molar-refractivity contribution < 1.29 is 9.90 Å². The van der Waals surface area contributed by atoms with E-state index in [2.05, 4.69) is 12.7 Å². The highest BCUT2D eigenvalue weighted by Gasteiger charge is 1.84. The third-order valence-electron chi connectivity index (χ3n) is 1.26. The molecule has 0 aliphatic rings. The molecule has 0 spiro atoms. The zero-order chi connectivity index (χ0) is 8.95. The molecule has 0 aromatic rings. The third-order valence-corrected chi connectivity index (χ3v) is 1.26. The molecule has 0 saturated heterocycles. The monoisotopic (exact) mass is 161 g/mol. The minimum absolute atomic E-state index is 0.250. The number of amides is 1. The number of nitrogens with two attached hydrogens (primary N) is 1. The molecule has 0 fully saturated rings. The number of carbonyl (C=O) groups excluding carboxylic acids is 1. The Hall–Kier alpha value is -0.570. The SMILES string of the molecule is CCCCCCCO.NC=O. The van der Waals surface area contributed by atoms with E-state index in [1.807, 2.05) is 0 Å². The van der Waals surface area contributed by atoms with Crippen LogP contribution >= 0.6 is 0 Å². The summed E-state index contributed by atoms with van der Waals surface area (Å²) in [6.45, 7) is 2.56. The second-order valence-corrected chi connectivity index (χ2v) is 2.27. The molecule has 3 N–H and O–H groups in total. The van der Waals surface area contributed by atoms with Gasteiger partial charge in [0.15, 0.2) is 0 Å². The van der Waals surface area contributed by atoms with E-state index >= 15 is 0 Å². The van der Waals surface area contributed by atoms with Crippen LogP contribution in [0.2, 0.25) is 0 Å². The number of primary amides is 1. The first kappa shape index (κ1) is 13.1. The quantitative estimate of drug-likeness (QED) is 0.467. The maximum atomic E-state index is 8.58. The van der Waals surface area contributed by atoms with Gasteiger partial charge in [-0.15, -0.1) is 0 Å². The van der Waals surface area contributed by atoms with Crippen LogP contribution in [0.5, 0.6) is 0 Å². The molecule has 0 saturated carbocycles. The molecule has 0 bridgehead atoms. The molecule has 0 aromatic carbocycles. The highest BCUT2D eigenvalue weighted by atomic mass is 16.2. The summed E-state index contributed by atoms with van der Waals surface area (Å²) >= 11 is 0. The van der Waals surface area contributed by atoms with Crippen molar-refractivity contribution in [1.29, 1.82) is 0 Å². The number of carbonyl (C=O) groups is 1. The lowest BCUT2D eigenvalue weighted by Gasteiger charge is -1.93. The molecule has 0 rings (SSSR count). The lowest BCUT2D eigenvalue weighted by molar-refractivity contribution is -0.106. The van der Waals surface area contributed by atoms with E-state index in [9.17, 15) is 0 Å². The van der Waals surface area contributed by atoms with Gasteiger partial charge in [0.05, 0.1) is 0 Å². The molecule has 1 amide bonds. The molecule has 0 radical (unpaired) electrons. The Morgan fingerprint density at radius 3 is 2.09 bits per heavy atom. The number of hydrogen-bond donors (Lipinski definition) is 2. The highest BCUT2D eigenvalue weighted by molar-refractivity contribution is 5.42. The summed E-state index contributed by atoms with van der Waals surface area (Å²) in [5.74, 6) is 0. The Morgan fingerprint density at radius 1 is 1.27 bits per heavy atom. The fourth-order valence-corrected chi connectivity index (χ4v) is 0.715. The first-order chi connectivity index (χ1) is 5.33. The molecular weight excluding hydrogens is 142 g/mol. The van der Waals surface area contributed by atoms with Crippen molar-refractivity contribution in [3.8, 4) is 0 Å². The lowest BCUT2D eigenvalue weighted by atomic mass is 10.2. The average Bonchev–Trinajstić information content (AvgIpc) is 2.00. The number of unbranched alkanes of at least 4 members (excludes halogenated alkanes) is 4. The Balaban J connectivity index is 0. The maximum absolute atomic E-state index is 8.58. The number of rotatable bonds is 5. The fraction of sp³-hybridized carbons (Fsp3) is 0.875. The largest absolute Gasteiger partial charge is 0.396 e. The van der Waals surface area contributed by atoms with Crippen LogP contribution in [-0.4, -0.2) is 18.1 Å². The topological polar surface area (TPSA) is 63.3 Å². The van der Waals surface area contributed by atoms with E-state index in [0.29, 0.717) is 6.61 Å². The van der Waals surface area contributed by atoms with Gasteiger partial charge in [-0.1, -0.05) is 32.6 Å². The molecule has 11 heavy (non-hydrogen) atoms. The zero-order valence-electron chi connectivity index (χ0n) is 7.25. The molecule has 0 heterocycles. The van der Waals surface area contributed by atoms with Crippen LogP contribution in [-0.2, 0) is 4.79 Å². The summed E-state index contributed by atoms with van der Waals surface area (Å²) in [6, 6.07) is 0. The van der Waals surface area contributed by atoms with Crippen molar-refractivity contribution in [1.82, 2.24) is 0 Å². The maximum Gasteiger partial charge on any atom is 0.204 e. The third kappa shape index (κ3) is 26.5. The van der Waals surface area contributed by atoms with E-state index in [4.69, 9.17) is 9.90 Å². The summed E-state index contributed by atoms with van der Waals surface area (Å²) < 4.78 is 0. The van der Waals surface area contributed by atoms with Crippen LogP contribution in [0.1, 0.15) is 39.0 Å². The summed E-state index contributed by atoms with van der Waals surface area (Å²) in [6.07, 6.45) is 6.33. The predicted molar refractivity (Wildman–Crippen MR) is 46.1 cm³/mol. The van der Waals surface area contributed by atoms with Gasteiger partial charge in [0.2, 0.25) is 6.41 Å². The van der Waals surface area contributed by atoms with Crippen molar-refractivity contribution in [2.75, 3.05) is 6.61 Å². The number of aliphatic hydroxyl groups is 1. The highest BCUT2D eigenvalue weighted by Crippen LogP contribution is 2.00. The van der Waals surface area contributed by atoms with E-state index in [1.54, 1.807) is 0 Å². The molecule has 0 aromatic heterocycles. The fourth-order valence-electron chi connectivity index (χ4n) is 0.715. The van der Waals surface area contributed by atoms with Crippen molar-refractivity contribution in [3.05, 3.63) is 0 Å². The van der Waals surface area contributed by atoms with Crippen LogP contribution in [0.15, 0.2) is 0 Å². The van der Waals surface area contributed by atoms with E-state index < -0.39 is 0 Å². The number of hydrogen-bond acceptors (Lipinski definition) is 2. The first-order valence-electron chi connectivity index (χ1n) is 4.09. The normalized spacial score (nSPS) is 8.18. The van der Waals surface area contributed by atoms with Gasteiger partial charge in [0.25, 0.3) is 0 Å². The molecule has 0 aliphatic heterocycles. The second-order valence-electron chi connectivity index (χ2n) is 2.27. The molecule has 0 unspecified atom stereocenters. The number of aliphatic hydroxyl groups excluding tert-OH is 1. The van der Waals surface area contributed by atoms with Gasteiger partial charge < -0.3 is 10.8 Å². The predicted octanol–water partition coefficient (Wildman–Crippen LogP) is 1.05. The van der Waals surface area contributed by atoms with Gasteiger partial charge in [-0.3, -0.25) is 4.79 Å². The molecule has 3 nitrogen and oxygen atoms in total. The van der Waals surface area contributed by atoms with Gasteiger partial charge in [-0.2, -0.15) is 0 Å². The molecule has 0 atom stereocenters. The van der Waals surface area contributed by atoms with Crippen LogP contribution in [0, 0.1) is 0 Å². The molecule has 68 valence electrons. The second kappa shape index (κ2) is 16.2. The van der Waals surface area contributed by atoms with Gasteiger partial charge in [-0.25, -0.2) is 0 Å². The van der Waals surface area contributed by atoms with Crippen LogP contribution in [0.3, 0.4) is 0 Å². The standard InChI is InChI=1S/C7H16O.CH3NO/c1-2-3-4-5-6-7-8;2-1-3/h8H,2-7H2,1H3;1H,(H2,2,3). The average molecular weight is 161 g/mol. The van der Waals surface area contributed by atoms with Crippen LogP contribution in [0.25, 0.3) is 0 Å². The van der Waals surface area contributed by atoms with E-state index in [-0.39, 0.29) is 6.41 Å². The Morgan fingerprint density at radius 2 is 1.73 bits per heavy atom. The smallest absolute Gasteiger partial charge is 0.204 e. The Kier molecular flexibility index (Phi) is 19.2. The van der Waals surface area contributed by atoms with Crippen molar-refractivity contribution in [2.45, 2.75) is 39.0 Å². The van der Waals surface area contributed by atoms with Crippen LogP contribution in [0.4, 0.5) is 0 Å². The van der Waals surface area contributed by atoms with Crippen molar-refractivity contribution in [2.24, 2.45) is 5.73 Å². The molecule has 3 heteroatoms. The summed E-state index contributed by atoms with van der Waals surface area (Å²) in [5.41, 5.74) is 4.17. The molecular formula is C8H19NO2. The molecule has 0 aliphatic carbocycles. The van der Waals surface area contributed by atoms with Crippen LogP contribution < -0.4 is 5.73 Å².